The molecule has 0 aromatic carbocycles. The lowest BCUT2D eigenvalue weighted by atomic mass is 10.4. The van der Waals surface area contributed by atoms with Gasteiger partial charge in [0.25, 0.3) is 0 Å². The van der Waals surface area contributed by atoms with Crippen molar-refractivity contribution in [2.75, 3.05) is 0 Å². The molecule has 0 nitrogen and oxygen atoms in total. The fraction of sp³-hybridized carbons (Fsp3) is 1.00. The topological polar surface area (TPSA) is 0 Å². The van der Waals surface area contributed by atoms with Gasteiger partial charge in [0.2, 0.25) is 0 Å². The quantitative estimate of drug-likeness (QED) is 0.174. The Kier molecular flexibility index (Phi) is 17.6. The van der Waals surface area contributed by atoms with Gasteiger partial charge in [-0.3, -0.25) is 0 Å². The third-order valence-electron chi connectivity index (χ3n) is 7.11. The smallest absolute Gasteiger partial charge is 0.0509 e. The van der Waals surface area contributed by atoms with E-state index in [-0.39, 0.29) is 0 Å². The van der Waals surface area contributed by atoms with Crippen LogP contribution in [-0.4, -0.2) is 16.1 Å². The van der Waals surface area contributed by atoms with Crippen LogP contribution in [0.1, 0.15) is 119 Å². The number of unbranched alkanes of at least 4 members (excludes halogenated alkanes) is 6. The summed E-state index contributed by atoms with van der Waals surface area (Å²) in [6.45, 7) is 14.6. The Bertz CT molecular complexity index is 240. The summed E-state index contributed by atoms with van der Waals surface area (Å²) in [5.41, 5.74) is 1.82. The zero-order valence-corrected chi connectivity index (χ0v) is 22.4. The van der Waals surface area contributed by atoms with Crippen molar-refractivity contribution in [1.82, 2.24) is 0 Å². The maximum atomic E-state index is 2.43. The molecule has 0 saturated carbocycles. The van der Waals surface area contributed by atoms with Gasteiger partial charge in [0.1, 0.15) is 0 Å². The minimum Gasteiger partial charge on any atom is -0.0654 e. The summed E-state index contributed by atoms with van der Waals surface area (Å²) in [6, 6.07) is 10.0. The van der Waals surface area contributed by atoms with Gasteiger partial charge in [0.05, 0.1) is 16.1 Å². The molecular formula is C25H56Si2. The Morgan fingerprint density at radius 1 is 0.333 bits per heavy atom. The normalized spacial score (nSPS) is 12.7. The molecule has 0 N–H and O–H groups in total. The lowest BCUT2D eigenvalue weighted by Gasteiger charge is -2.43. The third-order valence-corrected chi connectivity index (χ3v) is 21.6. The standard InChI is InChI=1S/C25H56Si2/c1-7-13-19-26(20-14-8-2,21-15-9-3)25-27(22-16-10-4,23-17-11-5)24-18-12-6/h7-25H2,1-6H3. The molecule has 0 radical (unpaired) electrons. The molecule has 27 heavy (non-hydrogen) atoms. The van der Waals surface area contributed by atoms with Crippen LogP contribution in [0.5, 0.6) is 0 Å². The van der Waals surface area contributed by atoms with Gasteiger partial charge in [0.15, 0.2) is 0 Å². The highest BCUT2D eigenvalue weighted by Gasteiger charge is 2.41. The predicted molar refractivity (Wildman–Crippen MR) is 135 cm³/mol. The first-order valence-electron chi connectivity index (χ1n) is 13.1. The highest BCUT2D eigenvalue weighted by Crippen LogP contribution is 2.42. The molecule has 0 aromatic heterocycles. The Morgan fingerprint density at radius 3 is 0.667 bits per heavy atom. The predicted octanol–water partition coefficient (Wildman–Crippen LogP) is 10.2. The number of hydrogen-bond donors (Lipinski definition) is 0. The van der Waals surface area contributed by atoms with Crippen LogP contribution in [0.4, 0.5) is 0 Å². The van der Waals surface area contributed by atoms with Gasteiger partial charge < -0.3 is 0 Å². The van der Waals surface area contributed by atoms with E-state index in [1.54, 1.807) is 36.3 Å². The van der Waals surface area contributed by atoms with E-state index in [1.165, 1.54) is 77.0 Å². The molecule has 0 fully saturated rings. The SMILES string of the molecule is CCCC[Si](CCCC)(CCCC)C[Si](CCCC)(CCCC)CCCC. The molecule has 0 unspecified atom stereocenters. The summed E-state index contributed by atoms with van der Waals surface area (Å²) in [5, 5.41) is 0. The average molecular weight is 413 g/mol. The first-order chi connectivity index (χ1) is 13.1. The van der Waals surface area contributed by atoms with Crippen LogP contribution in [0.15, 0.2) is 0 Å². The molecule has 2 heteroatoms. The van der Waals surface area contributed by atoms with E-state index in [2.05, 4.69) is 41.5 Å². The van der Waals surface area contributed by atoms with Gasteiger partial charge in [-0.05, 0) is 0 Å². The van der Waals surface area contributed by atoms with Crippen molar-refractivity contribution in [1.29, 1.82) is 0 Å². The molecule has 0 saturated heterocycles. The molecule has 0 aliphatic carbocycles. The van der Waals surface area contributed by atoms with E-state index in [9.17, 15) is 0 Å². The van der Waals surface area contributed by atoms with Gasteiger partial charge in [-0.25, -0.2) is 0 Å². The van der Waals surface area contributed by atoms with Crippen LogP contribution >= 0.6 is 0 Å². The van der Waals surface area contributed by atoms with Gasteiger partial charge in [-0.1, -0.05) is 161 Å². The van der Waals surface area contributed by atoms with E-state index >= 15 is 0 Å². The summed E-state index contributed by atoms with van der Waals surface area (Å²) < 4.78 is 0. The lowest BCUT2D eigenvalue weighted by molar-refractivity contribution is 0.774. The zero-order chi connectivity index (χ0) is 20.4. The Hall–Kier alpha value is 0.434. The molecule has 0 rings (SSSR count). The van der Waals surface area contributed by atoms with E-state index in [0.29, 0.717) is 0 Å². The van der Waals surface area contributed by atoms with Crippen molar-refractivity contribution in [3.05, 3.63) is 0 Å². The van der Waals surface area contributed by atoms with E-state index in [0.717, 1.165) is 0 Å². The summed E-state index contributed by atoms with van der Waals surface area (Å²) in [5.74, 6) is 0. The van der Waals surface area contributed by atoms with Crippen LogP contribution in [0.3, 0.4) is 0 Å². The monoisotopic (exact) mass is 412 g/mol. The second-order valence-electron chi connectivity index (χ2n) is 9.80. The first kappa shape index (κ1) is 27.4. The lowest BCUT2D eigenvalue weighted by Crippen LogP contribution is -2.47. The summed E-state index contributed by atoms with van der Waals surface area (Å²) in [4.78, 5) is 0. The van der Waals surface area contributed by atoms with Crippen molar-refractivity contribution in [2.24, 2.45) is 0 Å². The molecule has 0 aliphatic rings. The molecule has 164 valence electrons. The Balaban J connectivity index is 5.66. The van der Waals surface area contributed by atoms with Crippen LogP contribution < -0.4 is 0 Å². The highest BCUT2D eigenvalue weighted by molar-refractivity contribution is 6.97. The highest BCUT2D eigenvalue weighted by atomic mass is 28.4. The molecule has 0 heterocycles. The molecule has 0 amide bonds. The largest absolute Gasteiger partial charge is 0.0654 e. The van der Waals surface area contributed by atoms with Crippen molar-refractivity contribution < 1.29 is 0 Å². The Labute approximate surface area is 176 Å². The van der Waals surface area contributed by atoms with Crippen molar-refractivity contribution >= 4 is 16.1 Å². The number of rotatable bonds is 20. The molecule has 0 spiro atoms. The average Bonchev–Trinajstić information content (AvgIpc) is 2.70. The molecule has 0 bridgehead atoms. The summed E-state index contributed by atoms with van der Waals surface area (Å²) >= 11 is 0. The van der Waals surface area contributed by atoms with Crippen LogP contribution in [0, 0.1) is 0 Å². The van der Waals surface area contributed by atoms with Crippen LogP contribution in [0.2, 0.25) is 41.9 Å². The first-order valence-corrected chi connectivity index (χ1v) is 18.7. The Morgan fingerprint density at radius 2 is 0.519 bits per heavy atom. The summed E-state index contributed by atoms with van der Waals surface area (Å²) in [6.07, 6.45) is 17.7. The molecule has 0 aromatic rings. The second kappa shape index (κ2) is 17.3. The minimum atomic E-state index is -1.08. The zero-order valence-electron chi connectivity index (χ0n) is 20.4. The van der Waals surface area contributed by atoms with Gasteiger partial charge in [-0.2, -0.15) is 0 Å². The van der Waals surface area contributed by atoms with E-state index in [4.69, 9.17) is 0 Å². The maximum Gasteiger partial charge on any atom is 0.0509 e. The molecular weight excluding hydrogens is 356 g/mol. The summed E-state index contributed by atoms with van der Waals surface area (Å²) in [7, 11) is -2.16. The van der Waals surface area contributed by atoms with E-state index in [1.807, 2.05) is 5.67 Å². The fourth-order valence-corrected chi connectivity index (χ4v) is 24.1. The van der Waals surface area contributed by atoms with Gasteiger partial charge in [0, 0.05) is 0 Å². The fourth-order valence-electron chi connectivity index (χ4n) is 5.39. The van der Waals surface area contributed by atoms with Crippen molar-refractivity contribution in [2.45, 2.75) is 161 Å². The third kappa shape index (κ3) is 11.9. The van der Waals surface area contributed by atoms with Gasteiger partial charge in [-0.15, -0.1) is 0 Å². The number of hydrogen-bond acceptors (Lipinski definition) is 0. The maximum absolute atomic E-state index is 2.43. The van der Waals surface area contributed by atoms with Crippen LogP contribution in [-0.2, 0) is 0 Å². The van der Waals surface area contributed by atoms with Gasteiger partial charge >= 0.3 is 0 Å². The van der Waals surface area contributed by atoms with Crippen molar-refractivity contribution in [3.8, 4) is 0 Å². The second-order valence-corrected chi connectivity index (χ2v) is 20.2. The molecule has 0 atom stereocenters. The van der Waals surface area contributed by atoms with Crippen molar-refractivity contribution in [3.63, 3.8) is 0 Å². The van der Waals surface area contributed by atoms with E-state index < -0.39 is 16.1 Å². The van der Waals surface area contributed by atoms with Crippen LogP contribution in [0.25, 0.3) is 0 Å². The minimum absolute atomic E-state index is 1.08. The molecule has 0 aliphatic heterocycles.